The lowest BCUT2D eigenvalue weighted by Crippen LogP contribution is -2.43. The average molecular weight is 244 g/mol. The minimum atomic E-state index is -1.29. The quantitative estimate of drug-likeness (QED) is 0.828. The molecule has 3 N–H and O–H groups in total. The normalized spacial score (nSPS) is 14.7. The summed E-state index contributed by atoms with van der Waals surface area (Å²) in [7, 11) is 3.16. The highest BCUT2D eigenvalue weighted by Gasteiger charge is 2.29. The van der Waals surface area contributed by atoms with Gasteiger partial charge in [0.1, 0.15) is 17.7 Å². The lowest BCUT2D eigenvalue weighted by atomic mass is 9.98. The Morgan fingerprint density at radius 1 is 1.41 bits per heavy atom. The number of carbonyl (C=O) groups is 1. The molecule has 0 heterocycles. The van der Waals surface area contributed by atoms with Crippen LogP contribution in [0.25, 0.3) is 0 Å². The third kappa shape index (κ3) is 2.98. The molecule has 0 saturated carbocycles. The minimum absolute atomic E-state index is 0.0614. The number of aliphatic carboxylic acids is 1. The summed E-state index contributed by atoms with van der Waals surface area (Å²) in [5, 5.41) is 8.86. The Hall–Kier alpha value is -1.53. The zero-order valence-corrected chi connectivity index (χ0v) is 9.52. The van der Waals surface area contributed by atoms with E-state index in [2.05, 4.69) is 0 Å². The van der Waals surface area contributed by atoms with E-state index in [0.717, 1.165) is 6.07 Å². The molecule has 0 amide bonds. The first-order valence-electron chi connectivity index (χ1n) is 4.94. The van der Waals surface area contributed by atoms with Gasteiger partial charge in [-0.3, -0.25) is 4.79 Å². The molecule has 1 rings (SSSR count). The van der Waals surface area contributed by atoms with Gasteiger partial charge >= 0.3 is 5.97 Å². The van der Waals surface area contributed by atoms with Crippen molar-refractivity contribution >= 4 is 5.97 Å². The number of likely N-dealkylation sites (N-methyl/N-ethyl adjacent to an activating group) is 1. The molecule has 0 fully saturated rings. The van der Waals surface area contributed by atoms with E-state index in [9.17, 15) is 13.6 Å². The Kier molecular flexibility index (Phi) is 4.14. The molecular formula is C11H14F2N2O2. The number of carboxylic acids is 1. The fraction of sp³-hybridized carbons (Fsp3) is 0.364. The van der Waals surface area contributed by atoms with Crippen LogP contribution in [0.15, 0.2) is 18.2 Å². The fourth-order valence-corrected chi connectivity index (χ4v) is 1.67. The van der Waals surface area contributed by atoms with E-state index in [4.69, 9.17) is 10.8 Å². The molecule has 2 unspecified atom stereocenters. The third-order valence-electron chi connectivity index (χ3n) is 2.46. The topological polar surface area (TPSA) is 66.6 Å². The largest absolute Gasteiger partial charge is 0.480 e. The van der Waals surface area contributed by atoms with E-state index >= 15 is 0 Å². The second kappa shape index (κ2) is 5.20. The Morgan fingerprint density at radius 3 is 2.41 bits per heavy atom. The molecule has 0 aliphatic carbocycles. The van der Waals surface area contributed by atoms with Gasteiger partial charge in [-0.05, 0) is 20.2 Å². The lowest BCUT2D eigenvalue weighted by Gasteiger charge is -2.28. The van der Waals surface area contributed by atoms with Crippen LogP contribution in [0.1, 0.15) is 11.6 Å². The van der Waals surface area contributed by atoms with Gasteiger partial charge in [-0.1, -0.05) is 6.07 Å². The first kappa shape index (κ1) is 13.5. The molecular weight excluding hydrogens is 230 g/mol. The van der Waals surface area contributed by atoms with Crippen LogP contribution in [0.5, 0.6) is 0 Å². The molecule has 0 saturated heterocycles. The van der Waals surface area contributed by atoms with Gasteiger partial charge < -0.3 is 15.7 Å². The standard InChI is InChI=1S/C11H14F2N2O2/c1-15(2)10(9(14)11(16)17)7-4-3-6(12)5-8(7)13/h3-5,9-10H,14H2,1-2H3,(H,16,17). The first-order chi connectivity index (χ1) is 7.84. The average Bonchev–Trinajstić information content (AvgIpc) is 2.20. The Morgan fingerprint density at radius 2 is 2.00 bits per heavy atom. The third-order valence-corrected chi connectivity index (χ3v) is 2.46. The Labute approximate surface area is 97.6 Å². The number of benzene rings is 1. The van der Waals surface area contributed by atoms with Crippen LogP contribution in [0.3, 0.4) is 0 Å². The SMILES string of the molecule is CN(C)C(c1ccc(F)cc1F)C(N)C(=O)O. The molecule has 0 aliphatic heterocycles. The van der Waals surface area contributed by atoms with Gasteiger partial charge in [0.25, 0.3) is 0 Å². The van der Waals surface area contributed by atoms with Crippen molar-refractivity contribution in [3.8, 4) is 0 Å². The number of nitrogens with zero attached hydrogens (tertiary/aromatic N) is 1. The smallest absolute Gasteiger partial charge is 0.322 e. The lowest BCUT2D eigenvalue weighted by molar-refractivity contribution is -0.140. The van der Waals surface area contributed by atoms with Crippen LogP contribution >= 0.6 is 0 Å². The Balaban J connectivity index is 3.19. The summed E-state index contributed by atoms with van der Waals surface area (Å²) in [6.45, 7) is 0. The summed E-state index contributed by atoms with van der Waals surface area (Å²) >= 11 is 0. The monoisotopic (exact) mass is 244 g/mol. The van der Waals surface area contributed by atoms with Crippen LogP contribution in [0.2, 0.25) is 0 Å². The zero-order chi connectivity index (χ0) is 13.2. The van der Waals surface area contributed by atoms with Crippen molar-refractivity contribution in [3.05, 3.63) is 35.4 Å². The van der Waals surface area contributed by atoms with Gasteiger partial charge in [0.15, 0.2) is 0 Å². The number of carboxylic acid groups (broad SMARTS) is 1. The van der Waals surface area contributed by atoms with E-state index in [-0.39, 0.29) is 5.56 Å². The summed E-state index contributed by atoms with van der Waals surface area (Å²) in [4.78, 5) is 12.3. The fourth-order valence-electron chi connectivity index (χ4n) is 1.67. The number of rotatable bonds is 4. The van der Waals surface area contributed by atoms with Crippen molar-refractivity contribution in [1.29, 1.82) is 0 Å². The van der Waals surface area contributed by atoms with Crippen molar-refractivity contribution in [2.45, 2.75) is 12.1 Å². The Bertz CT molecular complexity index is 424. The molecule has 94 valence electrons. The maximum Gasteiger partial charge on any atom is 0.322 e. The van der Waals surface area contributed by atoms with Gasteiger partial charge in [-0.2, -0.15) is 0 Å². The molecule has 2 atom stereocenters. The molecule has 0 bridgehead atoms. The summed E-state index contributed by atoms with van der Waals surface area (Å²) in [5.41, 5.74) is 5.56. The molecule has 0 radical (unpaired) electrons. The van der Waals surface area contributed by atoms with Gasteiger partial charge in [0, 0.05) is 11.6 Å². The second-order valence-corrected chi connectivity index (χ2v) is 3.94. The van der Waals surface area contributed by atoms with Crippen LogP contribution < -0.4 is 5.73 Å². The van der Waals surface area contributed by atoms with E-state index < -0.39 is 29.7 Å². The molecule has 0 spiro atoms. The van der Waals surface area contributed by atoms with Crippen molar-refractivity contribution < 1.29 is 18.7 Å². The number of hydrogen-bond donors (Lipinski definition) is 2. The minimum Gasteiger partial charge on any atom is -0.480 e. The van der Waals surface area contributed by atoms with Crippen LogP contribution in [-0.2, 0) is 4.79 Å². The first-order valence-corrected chi connectivity index (χ1v) is 4.94. The van der Waals surface area contributed by atoms with E-state index in [1.54, 1.807) is 14.1 Å². The van der Waals surface area contributed by atoms with Gasteiger partial charge in [0.2, 0.25) is 0 Å². The molecule has 1 aromatic carbocycles. The number of halogens is 2. The van der Waals surface area contributed by atoms with E-state index in [1.807, 2.05) is 0 Å². The molecule has 4 nitrogen and oxygen atoms in total. The van der Waals surface area contributed by atoms with Crippen LogP contribution in [-0.4, -0.2) is 36.1 Å². The molecule has 6 heteroatoms. The summed E-state index contributed by atoms with van der Waals surface area (Å²) in [5.74, 6) is -2.76. The highest BCUT2D eigenvalue weighted by molar-refractivity contribution is 5.74. The number of hydrogen-bond acceptors (Lipinski definition) is 3. The van der Waals surface area contributed by atoms with Crippen LogP contribution in [0, 0.1) is 11.6 Å². The zero-order valence-electron chi connectivity index (χ0n) is 9.52. The summed E-state index contributed by atoms with van der Waals surface area (Å²) in [6.07, 6.45) is 0. The van der Waals surface area contributed by atoms with E-state index in [1.165, 1.54) is 11.0 Å². The molecule has 1 aromatic rings. The molecule has 17 heavy (non-hydrogen) atoms. The van der Waals surface area contributed by atoms with Crippen molar-refractivity contribution in [2.75, 3.05) is 14.1 Å². The van der Waals surface area contributed by atoms with Crippen LogP contribution in [0.4, 0.5) is 8.78 Å². The van der Waals surface area contributed by atoms with E-state index in [0.29, 0.717) is 6.07 Å². The maximum atomic E-state index is 13.6. The predicted molar refractivity (Wildman–Crippen MR) is 58.4 cm³/mol. The van der Waals surface area contributed by atoms with Crippen molar-refractivity contribution in [2.24, 2.45) is 5.73 Å². The molecule has 0 aliphatic rings. The maximum absolute atomic E-state index is 13.6. The van der Waals surface area contributed by atoms with Gasteiger partial charge in [0.05, 0.1) is 6.04 Å². The van der Waals surface area contributed by atoms with Crippen molar-refractivity contribution in [3.63, 3.8) is 0 Å². The highest BCUT2D eigenvalue weighted by Crippen LogP contribution is 2.24. The van der Waals surface area contributed by atoms with Crippen molar-refractivity contribution in [1.82, 2.24) is 4.90 Å². The van der Waals surface area contributed by atoms with Gasteiger partial charge in [-0.15, -0.1) is 0 Å². The second-order valence-electron chi connectivity index (χ2n) is 3.94. The number of nitrogens with two attached hydrogens (primary N) is 1. The van der Waals surface area contributed by atoms with Gasteiger partial charge in [-0.25, -0.2) is 8.78 Å². The molecule has 0 aromatic heterocycles. The summed E-state index contributed by atoms with van der Waals surface area (Å²) < 4.78 is 26.3. The highest BCUT2D eigenvalue weighted by atomic mass is 19.1. The predicted octanol–water partition coefficient (Wildman–Crippen LogP) is 0.979. The summed E-state index contributed by atoms with van der Waals surface area (Å²) in [6, 6.07) is 0.847.